The average molecular weight is 534 g/mol. The van der Waals surface area contributed by atoms with E-state index in [1.54, 1.807) is 0 Å². The van der Waals surface area contributed by atoms with Crippen molar-refractivity contribution >= 4 is 44.4 Å². The molecule has 2 aliphatic carbocycles. The molecule has 3 unspecified atom stereocenters. The Balaban J connectivity index is 1.16. The number of hydrogen-bond acceptors (Lipinski definition) is 2. The van der Waals surface area contributed by atoms with Gasteiger partial charge in [-0.25, -0.2) is 0 Å². The summed E-state index contributed by atoms with van der Waals surface area (Å²) in [6.07, 6.45) is 12.6. The Bertz CT molecular complexity index is 1850. The average Bonchev–Trinajstić information content (AvgIpc) is 3.54. The molecule has 2 heteroatoms. The molecule has 1 aromatic heterocycles. The van der Waals surface area contributed by atoms with E-state index in [4.69, 9.17) is 0 Å². The highest BCUT2D eigenvalue weighted by atomic mass is 32.1. The first kappa shape index (κ1) is 23.7. The molecule has 1 nitrogen and oxygen atoms in total. The lowest BCUT2D eigenvalue weighted by Crippen LogP contribution is -2.27. The molecular weight excluding hydrogens is 502 g/mol. The summed E-state index contributed by atoms with van der Waals surface area (Å²) >= 11 is 1.92. The van der Waals surface area contributed by atoms with Crippen molar-refractivity contribution in [1.29, 1.82) is 0 Å². The first-order valence-corrected chi connectivity index (χ1v) is 15.1. The predicted molar refractivity (Wildman–Crippen MR) is 173 cm³/mol. The number of rotatable bonds is 3. The zero-order valence-corrected chi connectivity index (χ0v) is 23.7. The Morgan fingerprint density at radius 1 is 0.850 bits per heavy atom. The smallest absolute Gasteiger partial charge is 0.0632 e. The molecular formula is C38H31NS. The van der Waals surface area contributed by atoms with E-state index in [0.717, 1.165) is 6.42 Å². The van der Waals surface area contributed by atoms with Gasteiger partial charge < -0.3 is 4.90 Å². The topological polar surface area (TPSA) is 3.24 Å². The van der Waals surface area contributed by atoms with Gasteiger partial charge in [0.25, 0.3) is 0 Å². The van der Waals surface area contributed by atoms with E-state index in [-0.39, 0.29) is 0 Å². The van der Waals surface area contributed by atoms with E-state index in [2.05, 4.69) is 140 Å². The van der Waals surface area contributed by atoms with E-state index < -0.39 is 0 Å². The fraction of sp³-hybridized carbons (Fsp3) is 0.158. The van der Waals surface area contributed by atoms with Crippen molar-refractivity contribution in [2.75, 3.05) is 4.90 Å². The predicted octanol–water partition coefficient (Wildman–Crippen LogP) is 10.7. The molecule has 0 bridgehead atoms. The van der Waals surface area contributed by atoms with E-state index in [1.165, 1.54) is 65.3 Å². The largest absolute Gasteiger partial charge is 0.333 e. The van der Waals surface area contributed by atoms with Gasteiger partial charge in [0.1, 0.15) is 0 Å². The Morgan fingerprint density at radius 2 is 1.65 bits per heavy atom. The molecule has 40 heavy (non-hydrogen) atoms. The molecule has 1 aliphatic heterocycles. The number of allylic oxidation sites excluding steroid dienone is 3. The summed E-state index contributed by atoms with van der Waals surface area (Å²) in [5.74, 6) is 0.830. The van der Waals surface area contributed by atoms with Gasteiger partial charge in [-0.2, -0.15) is 0 Å². The van der Waals surface area contributed by atoms with Crippen molar-refractivity contribution in [3.05, 3.63) is 142 Å². The molecule has 0 saturated heterocycles. The number of anilines is 2. The molecule has 5 aromatic rings. The van der Waals surface area contributed by atoms with E-state index in [1.807, 2.05) is 11.3 Å². The number of hydrogen-bond donors (Lipinski definition) is 0. The summed E-state index contributed by atoms with van der Waals surface area (Å²) in [5.41, 5.74) is 12.1. The van der Waals surface area contributed by atoms with Crippen LogP contribution in [-0.2, 0) is 0 Å². The Hall–Kier alpha value is -4.14. The zero-order valence-electron chi connectivity index (χ0n) is 22.8. The third kappa shape index (κ3) is 3.67. The standard InChI is InChI=1S/C38H31NS/c1-24-11-13-26(14-12-24)28-17-20-32-31-7-3-5-9-34(31)39(35(32)23-28)29-18-15-27(16-19-29)30-21-22-37-38(25(30)2)33-8-4-6-10-36(33)40-37/h3-8,10-23,25,30,34H,9H2,1-2H3. The summed E-state index contributed by atoms with van der Waals surface area (Å²) in [4.78, 5) is 3.99. The lowest BCUT2D eigenvalue weighted by molar-refractivity contribution is 0.677. The second kappa shape index (κ2) is 9.21. The summed E-state index contributed by atoms with van der Waals surface area (Å²) in [7, 11) is 0. The van der Waals surface area contributed by atoms with Gasteiger partial charge in [0.2, 0.25) is 0 Å². The first-order chi connectivity index (χ1) is 19.7. The van der Waals surface area contributed by atoms with Crippen molar-refractivity contribution in [2.24, 2.45) is 0 Å². The van der Waals surface area contributed by atoms with Gasteiger partial charge in [-0.1, -0.05) is 104 Å². The van der Waals surface area contributed by atoms with Gasteiger partial charge >= 0.3 is 0 Å². The Morgan fingerprint density at radius 3 is 2.50 bits per heavy atom. The quantitative estimate of drug-likeness (QED) is 0.223. The highest BCUT2D eigenvalue weighted by Crippen LogP contribution is 2.50. The normalized spacial score (nSPS) is 20.8. The lowest BCUT2D eigenvalue weighted by Gasteiger charge is -2.30. The molecule has 0 amide bonds. The SMILES string of the molecule is Cc1ccc(-c2ccc3c(c2)N(c2ccc(C4C=Cc5sc6ccccc6c5C4C)cc2)C2CC=CC=C32)cc1. The van der Waals surface area contributed by atoms with Gasteiger partial charge in [-0.15, -0.1) is 11.3 Å². The number of fused-ring (bicyclic) bond motifs is 6. The van der Waals surface area contributed by atoms with Crippen LogP contribution >= 0.6 is 11.3 Å². The van der Waals surface area contributed by atoms with Gasteiger partial charge in [0.05, 0.1) is 6.04 Å². The van der Waals surface area contributed by atoms with Gasteiger partial charge in [0.15, 0.2) is 0 Å². The molecule has 0 radical (unpaired) electrons. The number of nitrogens with zero attached hydrogens (tertiary/aromatic N) is 1. The maximum absolute atomic E-state index is 2.57. The second-order valence-electron chi connectivity index (χ2n) is 11.4. The zero-order chi connectivity index (χ0) is 26.8. The monoisotopic (exact) mass is 533 g/mol. The molecule has 0 spiro atoms. The summed E-state index contributed by atoms with van der Waals surface area (Å²) in [5, 5.41) is 1.42. The van der Waals surface area contributed by atoms with E-state index >= 15 is 0 Å². The number of thiophene rings is 1. The fourth-order valence-corrected chi connectivity index (χ4v) is 8.21. The molecule has 8 rings (SSSR count). The van der Waals surface area contributed by atoms with Gasteiger partial charge in [-0.3, -0.25) is 0 Å². The van der Waals surface area contributed by atoms with Crippen LogP contribution < -0.4 is 4.90 Å². The van der Waals surface area contributed by atoms with E-state index in [9.17, 15) is 0 Å². The highest BCUT2D eigenvalue weighted by molar-refractivity contribution is 7.20. The Labute approximate surface area is 240 Å². The molecule has 4 aromatic carbocycles. The first-order valence-electron chi connectivity index (χ1n) is 14.3. The van der Waals surface area contributed by atoms with Crippen LogP contribution in [0.15, 0.2) is 115 Å². The van der Waals surface area contributed by atoms with Crippen LogP contribution in [0.5, 0.6) is 0 Å². The maximum atomic E-state index is 2.57. The van der Waals surface area contributed by atoms with Gasteiger partial charge in [-0.05, 0) is 82.8 Å². The number of aryl methyl sites for hydroxylation is 1. The molecule has 2 heterocycles. The Kier molecular flexibility index (Phi) is 5.46. The van der Waals surface area contributed by atoms with Gasteiger partial charge in [0, 0.05) is 32.4 Å². The van der Waals surface area contributed by atoms with Crippen LogP contribution in [0.3, 0.4) is 0 Å². The third-order valence-electron chi connectivity index (χ3n) is 9.06. The third-order valence-corrected chi connectivity index (χ3v) is 10.2. The molecule has 3 atom stereocenters. The van der Waals surface area contributed by atoms with Crippen LogP contribution in [0.1, 0.15) is 52.3 Å². The molecule has 0 saturated carbocycles. The van der Waals surface area contributed by atoms with Crippen molar-refractivity contribution in [2.45, 2.75) is 38.1 Å². The minimum atomic E-state index is 0.340. The number of benzene rings is 4. The van der Waals surface area contributed by atoms with Crippen molar-refractivity contribution in [3.8, 4) is 11.1 Å². The van der Waals surface area contributed by atoms with Crippen LogP contribution in [0.4, 0.5) is 11.4 Å². The second-order valence-corrected chi connectivity index (χ2v) is 12.5. The summed E-state index contributed by atoms with van der Waals surface area (Å²) in [6, 6.07) is 34.5. The van der Waals surface area contributed by atoms with E-state index in [0.29, 0.717) is 17.9 Å². The lowest BCUT2D eigenvalue weighted by atomic mass is 9.78. The van der Waals surface area contributed by atoms with Crippen molar-refractivity contribution in [3.63, 3.8) is 0 Å². The van der Waals surface area contributed by atoms with Crippen LogP contribution in [0, 0.1) is 6.92 Å². The molecule has 0 N–H and O–H groups in total. The fourth-order valence-electron chi connectivity index (χ4n) is 6.99. The minimum absolute atomic E-state index is 0.340. The minimum Gasteiger partial charge on any atom is -0.333 e. The molecule has 0 fully saturated rings. The summed E-state index contributed by atoms with van der Waals surface area (Å²) in [6.45, 7) is 4.54. The van der Waals surface area contributed by atoms with Crippen molar-refractivity contribution in [1.82, 2.24) is 0 Å². The molecule has 194 valence electrons. The highest BCUT2D eigenvalue weighted by Gasteiger charge is 2.35. The molecule has 3 aliphatic rings. The van der Waals surface area contributed by atoms with Crippen molar-refractivity contribution < 1.29 is 0 Å². The van der Waals surface area contributed by atoms with Crippen LogP contribution in [0.25, 0.3) is 32.9 Å². The summed E-state index contributed by atoms with van der Waals surface area (Å²) < 4.78 is 1.39. The van der Waals surface area contributed by atoms with Crippen LogP contribution in [-0.4, -0.2) is 6.04 Å². The maximum Gasteiger partial charge on any atom is 0.0632 e. The van der Waals surface area contributed by atoms with Crippen LogP contribution in [0.2, 0.25) is 0 Å².